The van der Waals surface area contributed by atoms with Gasteiger partial charge in [-0.15, -0.1) is 0 Å². The number of allylic oxidation sites excluding steroid dienone is 1. The van der Waals surface area contributed by atoms with E-state index in [1.807, 2.05) is 0 Å². The van der Waals surface area contributed by atoms with Gasteiger partial charge in [0.25, 0.3) is 0 Å². The number of rotatable bonds is 8. The normalized spacial score (nSPS) is 14.5. The lowest BCUT2D eigenvalue weighted by Crippen LogP contribution is -2.66. The molecule has 0 radical (unpaired) electrons. The first kappa shape index (κ1) is 27.9. The molecule has 0 saturated carbocycles. The summed E-state index contributed by atoms with van der Waals surface area (Å²) in [4.78, 5) is 11.7. The number of alkyl halides is 11. The molecule has 31 heavy (non-hydrogen) atoms. The van der Waals surface area contributed by atoms with Gasteiger partial charge in [0, 0.05) is 17.0 Å². The van der Waals surface area contributed by atoms with Gasteiger partial charge in [-0.2, -0.15) is 48.3 Å². The predicted molar refractivity (Wildman–Crippen MR) is 97.0 cm³/mol. The van der Waals surface area contributed by atoms with Crippen LogP contribution in [0.15, 0.2) is 38.4 Å². The van der Waals surface area contributed by atoms with Gasteiger partial charge in [0.2, 0.25) is 0 Å². The maximum atomic E-state index is 13.6. The number of hydrogen-bond donors (Lipinski definition) is 0. The average Bonchev–Trinajstić information content (AvgIpc) is 2.59. The van der Waals surface area contributed by atoms with E-state index >= 15 is 0 Å². The van der Waals surface area contributed by atoms with Crippen molar-refractivity contribution in [1.29, 1.82) is 0 Å². The van der Waals surface area contributed by atoms with E-state index in [4.69, 9.17) is 0 Å². The van der Waals surface area contributed by atoms with Crippen LogP contribution in [-0.2, 0) is 4.74 Å². The molecular formula is C16H9BrF11IO2. The van der Waals surface area contributed by atoms with Gasteiger partial charge in [-0.1, -0.05) is 22.0 Å². The fourth-order valence-electron chi connectivity index (χ4n) is 1.88. The lowest BCUT2D eigenvalue weighted by Gasteiger charge is -2.36. The van der Waals surface area contributed by atoms with E-state index in [1.54, 1.807) is 6.07 Å². The Hall–Kier alpha value is -1.13. The minimum atomic E-state index is -7.47. The topological polar surface area (TPSA) is 26.3 Å². The summed E-state index contributed by atoms with van der Waals surface area (Å²) in [7, 11) is 0. The lowest BCUT2D eigenvalue weighted by atomic mass is 9.97. The standard InChI is InChI=1S/C16H9BrF11IO2/c17-9-3-1-2-8(6-9)11(30)31-5-4-10(29)7-12(18,19)13(20,21)14(22,23)15(24,25)16(26,27)28/h1-3,6-7H,4-5H2. The molecule has 0 amide bonds. The molecule has 0 saturated heterocycles. The van der Waals surface area contributed by atoms with Gasteiger partial charge in [0.05, 0.1) is 12.2 Å². The van der Waals surface area contributed by atoms with Crippen LogP contribution in [-0.4, -0.2) is 42.4 Å². The molecule has 0 atom stereocenters. The highest BCUT2D eigenvalue weighted by Crippen LogP contribution is 2.57. The third kappa shape index (κ3) is 5.82. The second kappa shape index (κ2) is 9.39. The molecule has 0 unspecified atom stereocenters. The SMILES string of the molecule is O=C(OCCC(I)=CC(F)(F)C(F)(F)C(F)(F)C(F)(F)C(F)(F)F)c1cccc(Br)c1. The maximum Gasteiger partial charge on any atom is 0.460 e. The number of esters is 1. The van der Waals surface area contributed by atoms with Crippen molar-refractivity contribution < 1.29 is 57.8 Å². The fraction of sp³-hybridized carbons (Fsp3) is 0.438. The Morgan fingerprint density at radius 3 is 1.97 bits per heavy atom. The zero-order valence-electron chi connectivity index (χ0n) is 14.5. The van der Waals surface area contributed by atoms with E-state index in [9.17, 15) is 53.1 Å². The van der Waals surface area contributed by atoms with Crippen molar-refractivity contribution >= 4 is 44.5 Å². The fourth-order valence-corrected chi connectivity index (χ4v) is 2.89. The molecule has 0 aromatic heterocycles. The Morgan fingerprint density at radius 2 is 1.48 bits per heavy atom. The van der Waals surface area contributed by atoms with Crippen molar-refractivity contribution in [2.24, 2.45) is 0 Å². The minimum Gasteiger partial charge on any atom is -0.462 e. The molecule has 0 aliphatic heterocycles. The van der Waals surface area contributed by atoms with Crippen LogP contribution in [0.4, 0.5) is 48.3 Å². The van der Waals surface area contributed by atoms with Crippen molar-refractivity contribution in [3.63, 3.8) is 0 Å². The van der Waals surface area contributed by atoms with E-state index in [2.05, 4.69) is 20.7 Å². The Morgan fingerprint density at radius 1 is 0.935 bits per heavy atom. The molecule has 0 N–H and O–H groups in total. The Balaban J connectivity index is 2.95. The first-order valence-corrected chi connectivity index (χ1v) is 9.53. The quantitative estimate of drug-likeness (QED) is 0.167. The predicted octanol–water partition coefficient (Wildman–Crippen LogP) is 7.42. The highest BCUT2D eigenvalue weighted by atomic mass is 127. The molecule has 0 spiro atoms. The largest absolute Gasteiger partial charge is 0.462 e. The van der Waals surface area contributed by atoms with Gasteiger partial charge in [-0.05, 0) is 44.4 Å². The van der Waals surface area contributed by atoms with Crippen LogP contribution in [0.25, 0.3) is 0 Å². The number of ether oxygens (including phenoxy) is 1. The molecular weight excluding hydrogens is 640 g/mol. The number of hydrogen-bond acceptors (Lipinski definition) is 2. The molecule has 0 heterocycles. The molecule has 15 heteroatoms. The average molecular weight is 649 g/mol. The minimum absolute atomic E-state index is 0.0132. The van der Waals surface area contributed by atoms with Gasteiger partial charge < -0.3 is 4.74 Å². The van der Waals surface area contributed by atoms with E-state index in [0.717, 1.165) is 22.6 Å². The summed E-state index contributed by atoms with van der Waals surface area (Å²) in [6.07, 6.45) is -8.85. The van der Waals surface area contributed by atoms with Crippen LogP contribution in [0, 0.1) is 0 Å². The van der Waals surface area contributed by atoms with Crippen LogP contribution < -0.4 is 0 Å². The van der Waals surface area contributed by atoms with Crippen molar-refractivity contribution in [2.45, 2.75) is 36.3 Å². The van der Waals surface area contributed by atoms with Crippen LogP contribution in [0.5, 0.6) is 0 Å². The van der Waals surface area contributed by atoms with E-state index in [0.29, 0.717) is 4.47 Å². The van der Waals surface area contributed by atoms with Gasteiger partial charge >= 0.3 is 35.8 Å². The van der Waals surface area contributed by atoms with Crippen molar-refractivity contribution in [3.8, 4) is 0 Å². The zero-order chi connectivity index (χ0) is 24.5. The van der Waals surface area contributed by atoms with Gasteiger partial charge in [-0.3, -0.25) is 0 Å². The van der Waals surface area contributed by atoms with Crippen molar-refractivity contribution in [3.05, 3.63) is 44.0 Å². The second-order valence-corrected chi connectivity index (χ2v) is 8.13. The smallest absolute Gasteiger partial charge is 0.460 e. The summed E-state index contributed by atoms with van der Waals surface area (Å²) in [6.45, 7) is -0.711. The molecule has 176 valence electrons. The highest BCUT2D eigenvalue weighted by Gasteiger charge is 2.86. The summed E-state index contributed by atoms with van der Waals surface area (Å²) < 4.78 is 147. The monoisotopic (exact) mass is 648 g/mol. The summed E-state index contributed by atoms with van der Waals surface area (Å²) in [5, 5.41) is 0. The zero-order valence-corrected chi connectivity index (χ0v) is 18.3. The molecule has 1 aromatic carbocycles. The summed E-state index contributed by atoms with van der Waals surface area (Å²) in [6, 6.07) is 5.64. The van der Waals surface area contributed by atoms with Crippen LogP contribution in [0.3, 0.4) is 0 Å². The molecule has 1 rings (SSSR count). The molecule has 0 aliphatic rings. The summed E-state index contributed by atoms with van der Waals surface area (Å²) >= 11 is 3.99. The summed E-state index contributed by atoms with van der Waals surface area (Å²) in [5.41, 5.74) is 0.0132. The first-order valence-electron chi connectivity index (χ1n) is 7.66. The van der Waals surface area contributed by atoms with E-state index in [-0.39, 0.29) is 5.56 Å². The van der Waals surface area contributed by atoms with Gasteiger partial charge in [-0.25, -0.2) is 4.79 Å². The van der Waals surface area contributed by atoms with Crippen LogP contribution in [0.2, 0.25) is 0 Å². The third-order valence-corrected chi connectivity index (χ3v) is 4.88. The Bertz CT molecular complexity index is 837. The third-order valence-electron chi connectivity index (χ3n) is 3.54. The van der Waals surface area contributed by atoms with Crippen LogP contribution in [0.1, 0.15) is 16.8 Å². The number of benzene rings is 1. The lowest BCUT2D eigenvalue weighted by molar-refractivity contribution is -0.416. The number of carbonyl (C=O) groups excluding carboxylic acids is 1. The van der Waals surface area contributed by atoms with Crippen molar-refractivity contribution in [2.75, 3.05) is 6.61 Å². The molecule has 0 bridgehead atoms. The maximum absolute atomic E-state index is 13.6. The highest BCUT2D eigenvalue weighted by molar-refractivity contribution is 14.1. The summed E-state index contributed by atoms with van der Waals surface area (Å²) in [5.74, 6) is -29.1. The van der Waals surface area contributed by atoms with Crippen LogP contribution >= 0.6 is 38.5 Å². The first-order chi connectivity index (χ1) is 13.8. The molecule has 0 aliphatic carbocycles. The Kier molecular flexibility index (Phi) is 8.45. The van der Waals surface area contributed by atoms with E-state index in [1.165, 1.54) is 18.2 Å². The van der Waals surface area contributed by atoms with Crippen molar-refractivity contribution in [1.82, 2.24) is 0 Å². The van der Waals surface area contributed by atoms with E-state index < -0.39 is 58.5 Å². The Labute approximate surface area is 189 Å². The number of carbonyl (C=O) groups is 1. The van der Waals surface area contributed by atoms with Gasteiger partial charge in [0.1, 0.15) is 0 Å². The molecule has 0 fully saturated rings. The molecule has 2 nitrogen and oxygen atoms in total. The molecule has 1 aromatic rings. The number of halogens is 13. The van der Waals surface area contributed by atoms with Gasteiger partial charge in [0.15, 0.2) is 0 Å². The second-order valence-electron chi connectivity index (χ2n) is 5.83.